The monoisotopic (exact) mass is 254 g/mol. The summed E-state index contributed by atoms with van der Waals surface area (Å²) in [7, 11) is -8.70. The lowest BCUT2D eigenvalue weighted by atomic mass is 10.4. The van der Waals surface area contributed by atoms with Gasteiger partial charge in [-0.05, 0) is 17.1 Å². The first-order valence-corrected chi connectivity index (χ1v) is 6.56. The van der Waals surface area contributed by atoms with Crippen molar-refractivity contribution in [3.05, 3.63) is 24.3 Å². The Balaban J connectivity index is 3.59. The van der Waals surface area contributed by atoms with Crippen molar-refractivity contribution in [2.24, 2.45) is 5.14 Å². The zero-order chi connectivity index (χ0) is 11.7. The van der Waals surface area contributed by atoms with Gasteiger partial charge < -0.3 is 0 Å². The highest BCUT2D eigenvalue weighted by Crippen LogP contribution is 2.18. The maximum absolute atomic E-state index is 12.0. The van der Waals surface area contributed by atoms with Crippen molar-refractivity contribution in [2.75, 3.05) is 0 Å². The first-order chi connectivity index (χ1) is 6.79. The third-order valence-electron chi connectivity index (χ3n) is 1.55. The van der Waals surface area contributed by atoms with Gasteiger partial charge in [-0.3, -0.25) is 0 Å². The second-order valence-electron chi connectivity index (χ2n) is 2.57. The third-order valence-corrected chi connectivity index (χ3v) is 3.78. The summed E-state index contributed by atoms with van der Waals surface area (Å²) in [5, 5.41) is 4.77. The van der Waals surface area contributed by atoms with Crippen LogP contribution in [0.25, 0.3) is 0 Å². The van der Waals surface area contributed by atoms with Gasteiger partial charge in [0.1, 0.15) is 9.79 Å². The van der Waals surface area contributed by atoms with Gasteiger partial charge in [0.15, 0.2) is 0 Å². The minimum absolute atomic E-state index is 0.522. The number of benzene rings is 1. The highest BCUT2D eigenvalue weighted by Gasteiger charge is 2.23. The first kappa shape index (κ1) is 12.0. The fourth-order valence-electron chi connectivity index (χ4n) is 0.949. The minimum atomic E-state index is -4.49. The number of halogens is 1. The number of hydrogen-bond acceptors (Lipinski definition) is 4. The van der Waals surface area contributed by atoms with Gasteiger partial charge in [-0.15, -0.1) is 4.48 Å². The number of sulfonamides is 2. The molecule has 0 heterocycles. The third kappa shape index (κ3) is 2.50. The predicted octanol–water partition coefficient (Wildman–Crippen LogP) is -0.503. The Morgan fingerprint density at radius 1 is 1.07 bits per heavy atom. The van der Waals surface area contributed by atoms with E-state index in [1.165, 1.54) is 12.1 Å². The molecule has 1 aromatic carbocycles. The average Bonchev–Trinajstić information content (AvgIpc) is 2.16. The van der Waals surface area contributed by atoms with E-state index in [0.29, 0.717) is 4.94 Å². The summed E-state index contributed by atoms with van der Waals surface area (Å²) in [5.74, 6) is 0. The van der Waals surface area contributed by atoms with Gasteiger partial charge in [0.05, 0.1) is 0 Å². The topological polar surface area (TPSA) is 106 Å². The van der Waals surface area contributed by atoms with Crippen molar-refractivity contribution in [1.82, 2.24) is 4.94 Å². The summed E-state index contributed by atoms with van der Waals surface area (Å²) in [4.78, 5) is -0.862. The van der Waals surface area contributed by atoms with Crippen LogP contribution in [0.15, 0.2) is 34.1 Å². The van der Waals surface area contributed by atoms with Gasteiger partial charge in [0, 0.05) is 0 Å². The summed E-state index contributed by atoms with van der Waals surface area (Å²) in [5.41, 5.74) is 0. The van der Waals surface area contributed by atoms with Gasteiger partial charge >= 0.3 is 0 Å². The molecule has 1 rings (SSSR count). The van der Waals surface area contributed by atoms with Crippen molar-refractivity contribution >= 4 is 20.0 Å². The predicted molar refractivity (Wildman–Crippen MR) is 49.2 cm³/mol. The van der Waals surface area contributed by atoms with E-state index in [4.69, 9.17) is 5.14 Å². The van der Waals surface area contributed by atoms with Crippen molar-refractivity contribution in [3.63, 3.8) is 0 Å². The van der Waals surface area contributed by atoms with Gasteiger partial charge in [-0.25, -0.2) is 22.0 Å². The van der Waals surface area contributed by atoms with Crippen LogP contribution in [-0.2, 0) is 20.0 Å². The Labute approximate surface area is 85.9 Å². The molecular weight excluding hydrogens is 247 g/mol. The number of nitrogens with one attached hydrogen (secondary N) is 1. The zero-order valence-corrected chi connectivity index (χ0v) is 8.85. The molecule has 6 nitrogen and oxygen atoms in total. The highest BCUT2D eigenvalue weighted by atomic mass is 32.2. The molecule has 0 aliphatic heterocycles. The van der Waals surface area contributed by atoms with E-state index in [9.17, 15) is 21.3 Å². The van der Waals surface area contributed by atoms with Crippen LogP contribution in [-0.4, -0.2) is 16.8 Å². The van der Waals surface area contributed by atoms with Crippen LogP contribution < -0.4 is 10.1 Å². The summed E-state index contributed by atoms with van der Waals surface area (Å²) in [6.45, 7) is 0. The molecule has 0 aliphatic carbocycles. The number of hydrogen-bond donors (Lipinski definition) is 2. The van der Waals surface area contributed by atoms with Crippen molar-refractivity contribution in [2.45, 2.75) is 9.79 Å². The molecule has 0 saturated carbocycles. The molecule has 0 unspecified atom stereocenters. The van der Waals surface area contributed by atoms with E-state index in [-0.39, 0.29) is 0 Å². The number of primary sulfonamides is 1. The number of nitrogens with two attached hydrogens (primary N) is 1. The van der Waals surface area contributed by atoms with Crippen LogP contribution in [0.5, 0.6) is 0 Å². The van der Waals surface area contributed by atoms with Crippen LogP contribution >= 0.6 is 0 Å². The largest absolute Gasteiger partial charge is 0.267 e. The normalized spacial score (nSPS) is 12.7. The summed E-state index contributed by atoms with van der Waals surface area (Å²) in [6, 6.07) is 4.43. The Hall–Kier alpha value is -1.03. The Bertz CT molecular complexity index is 567. The summed E-state index contributed by atoms with van der Waals surface area (Å²) < 4.78 is 56.0. The molecule has 0 aromatic heterocycles. The minimum Gasteiger partial charge on any atom is -0.225 e. The fourth-order valence-corrected chi connectivity index (χ4v) is 2.92. The highest BCUT2D eigenvalue weighted by molar-refractivity contribution is 7.92. The fraction of sp³-hybridized carbons (Fsp3) is 0. The van der Waals surface area contributed by atoms with Crippen LogP contribution in [0.1, 0.15) is 0 Å². The van der Waals surface area contributed by atoms with E-state index in [1.807, 2.05) is 0 Å². The summed E-state index contributed by atoms with van der Waals surface area (Å²) in [6.07, 6.45) is 0. The van der Waals surface area contributed by atoms with Crippen molar-refractivity contribution in [3.8, 4) is 0 Å². The maximum atomic E-state index is 12.0. The molecule has 0 atom stereocenters. The van der Waals surface area contributed by atoms with Gasteiger partial charge in [0.2, 0.25) is 10.0 Å². The molecule has 0 saturated heterocycles. The van der Waals surface area contributed by atoms with Crippen molar-refractivity contribution < 1.29 is 21.3 Å². The zero-order valence-electron chi connectivity index (χ0n) is 7.21. The van der Waals surface area contributed by atoms with Crippen LogP contribution in [0, 0.1) is 0 Å². The lowest BCUT2D eigenvalue weighted by Crippen LogP contribution is -2.21. The second-order valence-corrected chi connectivity index (χ2v) is 5.70. The number of rotatable bonds is 3. The molecule has 0 fully saturated rings. The van der Waals surface area contributed by atoms with E-state index in [1.54, 1.807) is 0 Å². The lowest BCUT2D eigenvalue weighted by Gasteiger charge is -2.05. The average molecular weight is 254 g/mol. The van der Waals surface area contributed by atoms with Crippen molar-refractivity contribution in [1.29, 1.82) is 0 Å². The molecule has 0 bridgehead atoms. The van der Waals surface area contributed by atoms with Crippen LogP contribution in [0.4, 0.5) is 4.48 Å². The van der Waals surface area contributed by atoms with Gasteiger partial charge in [-0.1, -0.05) is 12.1 Å². The molecule has 0 aliphatic rings. The lowest BCUT2D eigenvalue weighted by molar-refractivity contribution is 0.424. The molecule has 0 spiro atoms. The Morgan fingerprint density at radius 2 is 1.53 bits per heavy atom. The molecule has 0 radical (unpaired) electrons. The Morgan fingerprint density at radius 3 is 1.93 bits per heavy atom. The first-order valence-electron chi connectivity index (χ1n) is 3.53. The standard InChI is InChI=1S/C6H7FN2O4S2/c7-9-15(12,13)6-4-2-1-3-5(6)14(8,10)11/h1-4,9H,(H2,8,10,11). The summed E-state index contributed by atoms with van der Waals surface area (Å²) >= 11 is 0. The van der Waals surface area contributed by atoms with Gasteiger partial charge in [0.25, 0.3) is 10.0 Å². The quantitative estimate of drug-likeness (QED) is 0.709. The van der Waals surface area contributed by atoms with Crippen LogP contribution in [0.2, 0.25) is 0 Å². The molecule has 0 amide bonds. The van der Waals surface area contributed by atoms with E-state index < -0.39 is 29.8 Å². The molecule has 3 N–H and O–H groups in total. The van der Waals surface area contributed by atoms with E-state index in [0.717, 1.165) is 12.1 Å². The molecule has 15 heavy (non-hydrogen) atoms. The van der Waals surface area contributed by atoms with E-state index >= 15 is 0 Å². The molecule has 84 valence electrons. The molecule has 9 heteroatoms. The SMILES string of the molecule is NS(=O)(=O)c1ccccc1S(=O)(=O)NF. The maximum Gasteiger partial charge on any atom is 0.267 e. The molecular formula is C6H7FN2O4S2. The molecule has 1 aromatic rings. The van der Waals surface area contributed by atoms with Crippen LogP contribution in [0.3, 0.4) is 0 Å². The smallest absolute Gasteiger partial charge is 0.225 e. The Kier molecular flexibility index (Phi) is 3.09. The van der Waals surface area contributed by atoms with Gasteiger partial charge in [-0.2, -0.15) is 0 Å². The van der Waals surface area contributed by atoms with E-state index in [2.05, 4.69) is 0 Å². The second kappa shape index (κ2) is 3.85.